The van der Waals surface area contributed by atoms with E-state index in [1.54, 1.807) is 11.8 Å². The van der Waals surface area contributed by atoms with Gasteiger partial charge in [0.15, 0.2) is 6.61 Å². The second-order valence-corrected chi connectivity index (χ2v) is 6.68. The van der Waals surface area contributed by atoms with Crippen molar-refractivity contribution >= 4 is 11.8 Å². The van der Waals surface area contributed by atoms with Gasteiger partial charge in [0, 0.05) is 13.1 Å². The zero-order valence-corrected chi connectivity index (χ0v) is 17.0. The summed E-state index contributed by atoms with van der Waals surface area (Å²) in [6, 6.07) is 17.1. The van der Waals surface area contributed by atoms with E-state index >= 15 is 0 Å². The second kappa shape index (κ2) is 11.1. The van der Waals surface area contributed by atoms with E-state index in [0.717, 1.165) is 12.0 Å². The summed E-state index contributed by atoms with van der Waals surface area (Å²) in [7, 11) is 0. The SMILES string of the molecule is CCNC(=O)[C@@H](C)N(CCc1ccccc1)C(=O)COc1ccc(CC)cc1. The molecular weight excluding hydrogens is 352 g/mol. The van der Waals surface area contributed by atoms with E-state index in [2.05, 4.69) is 12.2 Å². The summed E-state index contributed by atoms with van der Waals surface area (Å²) in [5.41, 5.74) is 2.34. The molecule has 0 fully saturated rings. The fourth-order valence-corrected chi connectivity index (χ4v) is 2.94. The Balaban J connectivity index is 2.02. The highest BCUT2D eigenvalue weighted by Gasteiger charge is 2.25. The summed E-state index contributed by atoms with van der Waals surface area (Å²) >= 11 is 0. The smallest absolute Gasteiger partial charge is 0.261 e. The zero-order chi connectivity index (χ0) is 20.4. The maximum atomic E-state index is 12.8. The lowest BCUT2D eigenvalue weighted by atomic mass is 10.1. The van der Waals surface area contributed by atoms with Crippen LogP contribution in [0.25, 0.3) is 0 Å². The van der Waals surface area contributed by atoms with E-state index in [0.29, 0.717) is 25.3 Å². The van der Waals surface area contributed by atoms with Crippen LogP contribution in [-0.2, 0) is 22.4 Å². The number of carbonyl (C=O) groups excluding carboxylic acids is 2. The molecule has 0 bridgehead atoms. The minimum absolute atomic E-state index is 0.0932. The molecule has 0 radical (unpaired) electrons. The van der Waals surface area contributed by atoms with E-state index < -0.39 is 6.04 Å². The number of ether oxygens (including phenoxy) is 1. The van der Waals surface area contributed by atoms with Gasteiger partial charge in [-0.1, -0.05) is 49.4 Å². The fourth-order valence-electron chi connectivity index (χ4n) is 2.94. The Kier molecular flexibility index (Phi) is 8.53. The summed E-state index contributed by atoms with van der Waals surface area (Å²) in [6.45, 7) is 6.61. The Hall–Kier alpha value is -2.82. The van der Waals surface area contributed by atoms with Gasteiger partial charge in [0.25, 0.3) is 5.91 Å². The lowest BCUT2D eigenvalue weighted by Crippen LogP contribution is -2.50. The standard InChI is InChI=1S/C23H30N2O3/c1-4-19-11-13-21(14-12-19)28-17-22(26)25(18(3)23(27)24-5-2)16-15-20-9-7-6-8-10-20/h6-14,18H,4-5,15-17H2,1-3H3,(H,24,27)/t18-/m1/s1. The Labute approximate surface area is 167 Å². The monoisotopic (exact) mass is 382 g/mol. The predicted molar refractivity (Wildman–Crippen MR) is 111 cm³/mol. The minimum Gasteiger partial charge on any atom is -0.484 e. The summed E-state index contributed by atoms with van der Waals surface area (Å²) in [5, 5.41) is 2.79. The summed E-state index contributed by atoms with van der Waals surface area (Å²) < 4.78 is 5.67. The lowest BCUT2D eigenvalue weighted by molar-refractivity contribution is -0.141. The molecule has 5 heteroatoms. The summed E-state index contributed by atoms with van der Waals surface area (Å²) in [6.07, 6.45) is 1.64. The molecule has 150 valence electrons. The molecule has 0 saturated carbocycles. The number of hydrogen-bond acceptors (Lipinski definition) is 3. The maximum absolute atomic E-state index is 12.8. The van der Waals surface area contributed by atoms with Gasteiger partial charge in [0.05, 0.1) is 0 Å². The highest BCUT2D eigenvalue weighted by atomic mass is 16.5. The van der Waals surface area contributed by atoms with E-state index in [9.17, 15) is 9.59 Å². The molecule has 2 amide bonds. The third kappa shape index (κ3) is 6.41. The van der Waals surface area contributed by atoms with Crippen LogP contribution < -0.4 is 10.1 Å². The van der Waals surface area contributed by atoms with Crippen molar-refractivity contribution in [3.8, 4) is 5.75 Å². The average Bonchev–Trinajstić information content (AvgIpc) is 2.73. The van der Waals surface area contributed by atoms with Crippen LogP contribution >= 0.6 is 0 Å². The number of carbonyl (C=O) groups is 2. The van der Waals surface area contributed by atoms with Gasteiger partial charge in [-0.3, -0.25) is 9.59 Å². The number of likely N-dealkylation sites (N-methyl/N-ethyl adjacent to an activating group) is 1. The number of amides is 2. The Morgan fingerprint density at radius 2 is 1.68 bits per heavy atom. The van der Waals surface area contributed by atoms with Crippen LogP contribution in [-0.4, -0.2) is 42.5 Å². The highest BCUT2D eigenvalue weighted by molar-refractivity contribution is 5.87. The molecule has 0 saturated heterocycles. The molecule has 0 spiro atoms. The quantitative estimate of drug-likeness (QED) is 0.686. The Bertz CT molecular complexity index is 744. The van der Waals surface area contributed by atoms with Crippen LogP contribution in [0.4, 0.5) is 0 Å². The van der Waals surface area contributed by atoms with Gasteiger partial charge in [-0.15, -0.1) is 0 Å². The van der Waals surface area contributed by atoms with Gasteiger partial charge in [-0.05, 0) is 49.9 Å². The van der Waals surface area contributed by atoms with Crippen LogP contribution in [0.3, 0.4) is 0 Å². The van der Waals surface area contributed by atoms with Crippen molar-refractivity contribution < 1.29 is 14.3 Å². The maximum Gasteiger partial charge on any atom is 0.261 e. The number of nitrogens with zero attached hydrogens (tertiary/aromatic N) is 1. The molecule has 0 aliphatic carbocycles. The minimum atomic E-state index is -0.553. The Morgan fingerprint density at radius 1 is 1.00 bits per heavy atom. The van der Waals surface area contributed by atoms with Crippen molar-refractivity contribution in [3.05, 3.63) is 65.7 Å². The van der Waals surface area contributed by atoms with E-state index in [1.165, 1.54) is 5.56 Å². The fraction of sp³-hybridized carbons (Fsp3) is 0.391. The molecular formula is C23H30N2O3. The molecule has 1 atom stereocenters. The molecule has 2 rings (SSSR count). The van der Waals surface area contributed by atoms with E-state index in [-0.39, 0.29) is 18.4 Å². The predicted octanol–water partition coefficient (Wildman–Crippen LogP) is 3.22. The zero-order valence-electron chi connectivity index (χ0n) is 17.0. The molecule has 0 unspecified atom stereocenters. The van der Waals surface area contributed by atoms with Crippen LogP contribution in [0.5, 0.6) is 5.75 Å². The van der Waals surface area contributed by atoms with Gasteiger partial charge < -0.3 is 15.0 Å². The average molecular weight is 383 g/mol. The topological polar surface area (TPSA) is 58.6 Å². The number of hydrogen-bond donors (Lipinski definition) is 1. The molecule has 1 N–H and O–H groups in total. The van der Waals surface area contributed by atoms with E-state index in [4.69, 9.17) is 4.74 Å². The number of benzene rings is 2. The van der Waals surface area contributed by atoms with Gasteiger partial charge in [0.1, 0.15) is 11.8 Å². The lowest BCUT2D eigenvalue weighted by Gasteiger charge is -2.28. The van der Waals surface area contributed by atoms with Gasteiger partial charge in [-0.25, -0.2) is 0 Å². The molecule has 2 aromatic carbocycles. The third-order valence-corrected chi connectivity index (χ3v) is 4.70. The second-order valence-electron chi connectivity index (χ2n) is 6.68. The van der Waals surface area contributed by atoms with Crippen molar-refractivity contribution in [1.82, 2.24) is 10.2 Å². The van der Waals surface area contributed by atoms with Gasteiger partial charge in [-0.2, -0.15) is 0 Å². The van der Waals surface area contributed by atoms with Crippen molar-refractivity contribution in [2.45, 2.75) is 39.7 Å². The highest BCUT2D eigenvalue weighted by Crippen LogP contribution is 2.13. The molecule has 5 nitrogen and oxygen atoms in total. The van der Waals surface area contributed by atoms with Crippen molar-refractivity contribution in [3.63, 3.8) is 0 Å². The largest absolute Gasteiger partial charge is 0.484 e. The van der Waals surface area contributed by atoms with Gasteiger partial charge in [0.2, 0.25) is 5.91 Å². The van der Waals surface area contributed by atoms with Gasteiger partial charge >= 0.3 is 0 Å². The first-order valence-electron chi connectivity index (χ1n) is 9.88. The molecule has 0 heterocycles. The number of rotatable bonds is 10. The normalized spacial score (nSPS) is 11.5. The molecule has 0 aliphatic heterocycles. The van der Waals surface area contributed by atoms with Crippen molar-refractivity contribution in [2.75, 3.05) is 19.7 Å². The molecule has 0 aromatic heterocycles. The van der Waals surface area contributed by atoms with Crippen LogP contribution in [0.1, 0.15) is 31.9 Å². The van der Waals surface area contributed by atoms with E-state index in [1.807, 2.05) is 61.5 Å². The van der Waals surface area contributed by atoms with Crippen molar-refractivity contribution in [1.29, 1.82) is 0 Å². The number of nitrogens with one attached hydrogen (secondary N) is 1. The third-order valence-electron chi connectivity index (χ3n) is 4.70. The van der Waals surface area contributed by atoms with Crippen molar-refractivity contribution in [2.24, 2.45) is 0 Å². The molecule has 0 aliphatic rings. The summed E-state index contributed by atoms with van der Waals surface area (Å²) in [5.74, 6) is 0.296. The molecule has 2 aromatic rings. The van der Waals surface area contributed by atoms with Crippen LogP contribution in [0.15, 0.2) is 54.6 Å². The number of aryl methyl sites for hydroxylation is 1. The summed E-state index contributed by atoms with van der Waals surface area (Å²) in [4.78, 5) is 26.7. The first-order chi connectivity index (χ1) is 13.5. The first kappa shape index (κ1) is 21.5. The first-order valence-corrected chi connectivity index (χ1v) is 9.88. The molecule has 28 heavy (non-hydrogen) atoms. The van der Waals surface area contributed by atoms with Crippen LogP contribution in [0, 0.1) is 0 Å². The van der Waals surface area contributed by atoms with Crippen LogP contribution in [0.2, 0.25) is 0 Å². The Morgan fingerprint density at radius 3 is 2.29 bits per heavy atom.